The molecule has 90 valence electrons. The fraction of sp³-hybridized carbons (Fsp3) is 0.455. The van der Waals surface area contributed by atoms with Crippen LogP contribution in [0.5, 0.6) is 0 Å². The van der Waals surface area contributed by atoms with Gasteiger partial charge in [-0.2, -0.15) is 0 Å². The Hall–Kier alpha value is -1.36. The third-order valence-corrected chi connectivity index (χ3v) is 2.29. The number of hydrogen-bond donors (Lipinski definition) is 3. The molecule has 0 saturated carbocycles. The number of aliphatic hydroxyl groups is 1. The van der Waals surface area contributed by atoms with Crippen molar-refractivity contribution in [3.05, 3.63) is 23.8 Å². The van der Waals surface area contributed by atoms with Crippen LogP contribution < -0.4 is 11.1 Å². The first-order valence-corrected chi connectivity index (χ1v) is 5.16. The molecular weight excluding hydrogens is 214 g/mol. The molecule has 0 spiro atoms. The third-order valence-electron chi connectivity index (χ3n) is 2.29. The zero-order chi connectivity index (χ0) is 12.1. The van der Waals surface area contributed by atoms with Gasteiger partial charge in [0.2, 0.25) is 0 Å². The van der Waals surface area contributed by atoms with Gasteiger partial charge in [0.1, 0.15) is 5.82 Å². The average molecular weight is 230 g/mol. The minimum absolute atomic E-state index is 0.00403. The van der Waals surface area contributed by atoms with E-state index in [1.807, 2.05) is 6.92 Å². The van der Waals surface area contributed by atoms with E-state index in [0.717, 1.165) is 12.1 Å². The Morgan fingerprint density at radius 3 is 2.75 bits per heavy atom. The molecule has 1 aromatic rings. The Kier molecular flexibility index (Phi) is 4.49. The Morgan fingerprint density at radius 1 is 1.44 bits per heavy atom. The topological polar surface area (TPSA) is 58.3 Å². The highest BCUT2D eigenvalue weighted by Crippen LogP contribution is 2.24. The molecule has 0 aliphatic carbocycles. The van der Waals surface area contributed by atoms with Gasteiger partial charge in [-0.15, -0.1) is 0 Å². The molecule has 0 aliphatic heterocycles. The average Bonchev–Trinajstić information content (AvgIpc) is 2.22. The Bertz CT molecular complexity index is 358. The van der Waals surface area contributed by atoms with Crippen LogP contribution >= 0.6 is 0 Å². The molecule has 0 fully saturated rings. The minimum atomic E-state index is -0.767. The van der Waals surface area contributed by atoms with E-state index < -0.39 is 11.6 Å². The van der Waals surface area contributed by atoms with Crippen molar-refractivity contribution in [3.63, 3.8) is 0 Å². The maximum absolute atomic E-state index is 13.1. The van der Waals surface area contributed by atoms with Gasteiger partial charge in [-0.05, 0) is 25.8 Å². The van der Waals surface area contributed by atoms with Gasteiger partial charge in [-0.1, -0.05) is 0 Å². The zero-order valence-electron chi connectivity index (χ0n) is 9.13. The number of nitrogen functional groups attached to an aromatic ring is 1. The molecule has 0 heterocycles. The van der Waals surface area contributed by atoms with Crippen LogP contribution in [-0.2, 0) is 0 Å². The lowest BCUT2D eigenvalue weighted by Crippen LogP contribution is -2.17. The van der Waals surface area contributed by atoms with Crippen molar-refractivity contribution in [1.82, 2.24) is 0 Å². The lowest BCUT2D eigenvalue weighted by atomic mass is 10.1. The largest absolute Gasteiger partial charge is 0.396 e. The molecule has 5 heteroatoms. The second-order valence-corrected chi connectivity index (χ2v) is 3.76. The molecule has 0 amide bonds. The lowest BCUT2D eigenvalue weighted by molar-refractivity contribution is 0.282. The van der Waals surface area contributed by atoms with Crippen LogP contribution in [-0.4, -0.2) is 17.8 Å². The zero-order valence-corrected chi connectivity index (χ0v) is 9.13. The highest BCUT2D eigenvalue weighted by atomic mass is 19.1. The van der Waals surface area contributed by atoms with Crippen molar-refractivity contribution in [1.29, 1.82) is 0 Å². The molecule has 0 aromatic heterocycles. The molecule has 4 N–H and O–H groups in total. The van der Waals surface area contributed by atoms with Crippen LogP contribution in [0.1, 0.15) is 19.8 Å². The van der Waals surface area contributed by atoms with Crippen molar-refractivity contribution >= 4 is 11.4 Å². The molecule has 16 heavy (non-hydrogen) atoms. The second kappa shape index (κ2) is 5.65. The summed E-state index contributed by atoms with van der Waals surface area (Å²) in [6, 6.07) is 1.91. The van der Waals surface area contributed by atoms with Gasteiger partial charge in [0.25, 0.3) is 0 Å². The second-order valence-electron chi connectivity index (χ2n) is 3.76. The molecular formula is C11H16F2N2O. The summed E-state index contributed by atoms with van der Waals surface area (Å²) in [7, 11) is 0. The summed E-state index contributed by atoms with van der Waals surface area (Å²) in [4.78, 5) is 0. The van der Waals surface area contributed by atoms with Crippen LogP contribution in [0.3, 0.4) is 0 Å². The lowest BCUT2D eigenvalue weighted by Gasteiger charge is -2.16. The number of anilines is 2. The van der Waals surface area contributed by atoms with E-state index in [0.29, 0.717) is 12.8 Å². The van der Waals surface area contributed by atoms with E-state index in [9.17, 15) is 8.78 Å². The minimum Gasteiger partial charge on any atom is -0.396 e. The van der Waals surface area contributed by atoms with E-state index in [-0.39, 0.29) is 24.0 Å². The van der Waals surface area contributed by atoms with Crippen LogP contribution in [0.15, 0.2) is 12.1 Å². The van der Waals surface area contributed by atoms with Crippen molar-refractivity contribution in [2.75, 3.05) is 17.7 Å². The Morgan fingerprint density at radius 2 is 2.12 bits per heavy atom. The number of hydrogen-bond acceptors (Lipinski definition) is 3. The van der Waals surface area contributed by atoms with E-state index >= 15 is 0 Å². The van der Waals surface area contributed by atoms with Crippen LogP contribution in [0, 0.1) is 11.6 Å². The van der Waals surface area contributed by atoms with Crippen LogP contribution in [0.25, 0.3) is 0 Å². The Labute approximate surface area is 93.3 Å². The third kappa shape index (κ3) is 3.34. The number of aliphatic hydroxyl groups excluding tert-OH is 1. The van der Waals surface area contributed by atoms with Crippen LogP contribution in [0.4, 0.5) is 20.2 Å². The van der Waals surface area contributed by atoms with Crippen molar-refractivity contribution < 1.29 is 13.9 Å². The summed E-state index contributed by atoms with van der Waals surface area (Å²) < 4.78 is 26.0. The first kappa shape index (κ1) is 12.7. The summed E-state index contributed by atoms with van der Waals surface area (Å²) in [6.45, 7) is 1.96. The number of nitrogens with one attached hydrogen (secondary N) is 1. The SMILES string of the molecule is CC(CCCO)Nc1cc(F)cc(F)c1N. The highest BCUT2D eigenvalue weighted by Gasteiger charge is 2.10. The normalized spacial score (nSPS) is 12.5. The first-order valence-electron chi connectivity index (χ1n) is 5.16. The summed E-state index contributed by atoms with van der Waals surface area (Å²) in [6.07, 6.45) is 1.33. The maximum atomic E-state index is 13.1. The van der Waals surface area contributed by atoms with E-state index in [2.05, 4.69) is 5.32 Å². The number of rotatable bonds is 5. The van der Waals surface area contributed by atoms with Gasteiger partial charge in [0, 0.05) is 18.7 Å². The number of halogens is 2. The van der Waals surface area contributed by atoms with Gasteiger partial charge >= 0.3 is 0 Å². The predicted octanol–water partition coefficient (Wildman–Crippen LogP) is 2.12. The summed E-state index contributed by atoms with van der Waals surface area (Å²) in [5.74, 6) is -1.43. The van der Waals surface area contributed by atoms with E-state index in [4.69, 9.17) is 10.8 Å². The summed E-state index contributed by atoms with van der Waals surface area (Å²) in [5.41, 5.74) is 5.64. The quantitative estimate of drug-likeness (QED) is 0.679. The molecule has 1 unspecified atom stereocenters. The molecule has 0 saturated heterocycles. The van der Waals surface area contributed by atoms with Crippen molar-refractivity contribution in [2.45, 2.75) is 25.8 Å². The maximum Gasteiger partial charge on any atom is 0.151 e. The van der Waals surface area contributed by atoms with E-state index in [1.54, 1.807) is 0 Å². The monoisotopic (exact) mass is 230 g/mol. The van der Waals surface area contributed by atoms with E-state index in [1.165, 1.54) is 0 Å². The molecule has 0 aliphatic rings. The summed E-state index contributed by atoms with van der Waals surface area (Å²) in [5, 5.41) is 11.6. The fourth-order valence-corrected chi connectivity index (χ4v) is 1.44. The van der Waals surface area contributed by atoms with Gasteiger partial charge < -0.3 is 16.2 Å². The molecule has 0 radical (unpaired) electrons. The molecule has 1 atom stereocenters. The van der Waals surface area contributed by atoms with Gasteiger partial charge in [0.05, 0.1) is 11.4 Å². The van der Waals surface area contributed by atoms with Crippen molar-refractivity contribution in [2.24, 2.45) is 0 Å². The summed E-state index contributed by atoms with van der Waals surface area (Å²) >= 11 is 0. The molecule has 1 aromatic carbocycles. The highest BCUT2D eigenvalue weighted by molar-refractivity contribution is 5.67. The van der Waals surface area contributed by atoms with Gasteiger partial charge in [0.15, 0.2) is 5.82 Å². The number of nitrogens with two attached hydrogens (primary N) is 1. The van der Waals surface area contributed by atoms with Gasteiger partial charge in [-0.3, -0.25) is 0 Å². The molecule has 0 bridgehead atoms. The molecule has 1 rings (SSSR count). The number of benzene rings is 1. The standard InChI is InChI=1S/C11H16F2N2O/c1-7(3-2-4-16)15-10-6-8(12)5-9(13)11(10)14/h5-7,15-16H,2-4,14H2,1H3. The molecule has 3 nitrogen and oxygen atoms in total. The Balaban J connectivity index is 2.72. The first-order chi connectivity index (χ1) is 7.54. The smallest absolute Gasteiger partial charge is 0.151 e. The van der Waals surface area contributed by atoms with Crippen LogP contribution in [0.2, 0.25) is 0 Å². The fourth-order valence-electron chi connectivity index (χ4n) is 1.44. The van der Waals surface area contributed by atoms with Crippen molar-refractivity contribution in [3.8, 4) is 0 Å². The van der Waals surface area contributed by atoms with Gasteiger partial charge in [-0.25, -0.2) is 8.78 Å². The predicted molar refractivity (Wildman–Crippen MR) is 60.2 cm³/mol.